The molecule has 0 bridgehead atoms. The van der Waals surface area contributed by atoms with Gasteiger partial charge in [-0.15, -0.1) is 0 Å². The Morgan fingerprint density at radius 1 is 0.767 bits per heavy atom. The number of phenols is 1. The number of nitrogens with zero attached hydrogens (tertiary/aromatic N) is 2. The first kappa shape index (κ1) is 68.6. The van der Waals surface area contributed by atoms with E-state index in [1.165, 1.54) is 25.1 Å². The van der Waals surface area contributed by atoms with Crippen molar-refractivity contribution in [3.05, 3.63) is 65.7 Å². The number of nitrogens with one attached hydrogen (secondary N) is 6. The van der Waals surface area contributed by atoms with Crippen molar-refractivity contribution >= 4 is 64.4 Å². The van der Waals surface area contributed by atoms with E-state index in [2.05, 4.69) is 48.2 Å². The van der Waals surface area contributed by atoms with E-state index >= 15 is 0 Å². The highest BCUT2D eigenvalue weighted by atomic mass is 32.2. The van der Waals surface area contributed by atoms with Gasteiger partial charge >= 0.3 is 0 Å². The van der Waals surface area contributed by atoms with Gasteiger partial charge in [0.25, 0.3) is 18.2 Å². The maximum atomic E-state index is 14.9. The first-order chi connectivity index (χ1) is 41.1. The summed E-state index contributed by atoms with van der Waals surface area (Å²) >= 11 is 0.0695. The minimum absolute atomic E-state index is 0.0635. The number of fused-ring (bicyclic) bond motifs is 3. The Hall–Kier alpha value is -6.52. The van der Waals surface area contributed by atoms with Crippen molar-refractivity contribution in [3.63, 3.8) is 0 Å². The zero-order valence-corrected chi connectivity index (χ0v) is 48.7. The Morgan fingerprint density at radius 3 is 2.16 bits per heavy atom. The lowest BCUT2D eigenvalue weighted by Gasteiger charge is -2.34. The third-order valence-electron chi connectivity index (χ3n) is 15.3. The van der Waals surface area contributed by atoms with Crippen molar-refractivity contribution in [1.29, 1.82) is 0 Å². The molecule has 3 aromatic rings. The number of amides is 7. The van der Waals surface area contributed by atoms with Gasteiger partial charge in [0.1, 0.15) is 42.0 Å². The summed E-state index contributed by atoms with van der Waals surface area (Å²) in [6, 6.07) is 1.37. The highest BCUT2D eigenvalue weighted by Gasteiger charge is 2.50. The molecule has 3 aliphatic rings. The van der Waals surface area contributed by atoms with Gasteiger partial charge in [-0.3, -0.25) is 33.6 Å². The van der Waals surface area contributed by atoms with Crippen LogP contribution < -0.4 is 40.8 Å². The number of aliphatic hydroxyl groups excluding tert-OH is 8. The number of aromatic hydroxyl groups is 1. The summed E-state index contributed by atoms with van der Waals surface area (Å²) in [4.78, 5) is 104. The molecular formula is C56H80N8O21S. The van der Waals surface area contributed by atoms with Gasteiger partial charge in [-0.2, -0.15) is 0 Å². The van der Waals surface area contributed by atoms with E-state index in [4.69, 9.17) is 14.2 Å². The lowest BCUT2D eigenvalue weighted by molar-refractivity contribution is -0.433. The maximum Gasteiger partial charge on any atom is 0.261 e. The Morgan fingerprint density at radius 2 is 1.45 bits per heavy atom. The highest BCUT2D eigenvalue weighted by molar-refractivity contribution is 7.90. The average Bonchev–Trinajstić information content (AvgIpc) is 1.85. The van der Waals surface area contributed by atoms with E-state index in [0.717, 1.165) is 60.3 Å². The van der Waals surface area contributed by atoms with E-state index < -0.39 is 184 Å². The Kier molecular flexibility index (Phi) is 26.3. The number of benzene rings is 3. The molecule has 476 valence electrons. The second-order valence-corrected chi connectivity index (χ2v) is 22.3. The molecule has 86 heavy (non-hydrogen) atoms. The van der Waals surface area contributed by atoms with Crippen LogP contribution in [0.1, 0.15) is 88.1 Å². The van der Waals surface area contributed by atoms with Crippen LogP contribution in [-0.4, -0.2) is 227 Å². The number of carbonyl (C=O) groups excluding carboxylic acids is 7. The minimum Gasteiger partial charge on any atom is -0.504 e. The molecule has 3 fully saturated rings. The van der Waals surface area contributed by atoms with Gasteiger partial charge in [0.15, 0.2) is 11.5 Å². The molecule has 1 unspecified atom stereocenters. The third kappa shape index (κ3) is 18.5. The predicted molar refractivity (Wildman–Crippen MR) is 305 cm³/mol. The summed E-state index contributed by atoms with van der Waals surface area (Å²) < 4.78 is 15.3. The quantitative estimate of drug-likeness (QED) is 0.0191. The normalized spacial score (nSPS) is 25.7. The van der Waals surface area contributed by atoms with Gasteiger partial charge in [0, 0.05) is 50.4 Å². The Labute approximate surface area is 499 Å². The van der Waals surface area contributed by atoms with Crippen molar-refractivity contribution in [3.8, 4) is 17.2 Å². The summed E-state index contributed by atoms with van der Waals surface area (Å²) in [5.41, 5.74) is 0.173. The number of carbonyl (C=O) groups is 7. The molecule has 0 aromatic heterocycles. The summed E-state index contributed by atoms with van der Waals surface area (Å²) in [5.74, 6) is -8.87. The van der Waals surface area contributed by atoms with Crippen LogP contribution in [0.3, 0.4) is 0 Å². The van der Waals surface area contributed by atoms with Crippen LogP contribution >= 0.6 is 12.3 Å². The van der Waals surface area contributed by atoms with Crippen LogP contribution in [0, 0.1) is 5.92 Å². The van der Waals surface area contributed by atoms with Crippen molar-refractivity contribution < 1.29 is 103 Å². The van der Waals surface area contributed by atoms with Crippen molar-refractivity contribution in [1.82, 2.24) is 41.7 Å². The molecule has 0 radical (unpaired) electrons. The summed E-state index contributed by atoms with van der Waals surface area (Å²) in [6.07, 6.45) is -7.25. The second kappa shape index (κ2) is 33.0. The van der Waals surface area contributed by atoms with Gasteiger partial charge in [-0.1, -0.05) is 67.1 Å². The van der Waals surface area contributed by atoms with E-state index in [1.807, 2.05) is 6.07 Å². The lowest BCUT2D eigenvalue weighted by Crippen LogP contribution is -2.64. The molecule has 3 aromatic carbocycles. The number of ether oxygens (including phenoxy) is 1. The summed E-state index contributed by atoms with van der Waals surface area (Å²) in [6.45, 7) is 2.40. The van der Waals surface area contributed by atoms with Crippen LogP contribution in [0.5, 0.6) is 17.2 Å². The summed E-state index contributed by atoms with van der Waals surface area (Å²) in [7, 11) is 0. The topological polar surface area (TPSA) is 437 Å². The van der Waals surface area contributed by atoms with Crippen molar-refractivity contribution in [2.45, 2.75) is 157 Å². The van der Waals surface area contributed by atoms with Crippen LogP contribution in [0.15, 0.2) is 54.6 Å². The van der Waals surface area contributed by atoms with Crippen molar-refractivity contribution in [2.75, 3.05) is 46.0 Å². The number of aliphatic hydroxyl groups is 8. The molecule has 0 saturated carbocycles. The van der Waals surface area contributed by atoms with Gasteiger partial charge in [-0.25, -0.2) is 5.26 Å². The average molecular weight is 1230 g/mol. The number of hydrogen-bond acceptors (Lipinski definition) is 23. The lowest BCUT2D eigenvalue weighted by atomic mass is 9.98. The Balaban J connectivity index is 1.37. The Bertz CT molecular complexity index is 2780. The fourth-order valence-electron chi connectivity index (χ4n) is 10.5. The molecule has 3 saturated heterocycles. The zero-order valence-electron chi connectivity index (χ0n) is 47.9. The van der Waals surface area contributed by atoms with Crippen LogP contribution in [0.4, 0.5) is 0 Å². The fraction of sp³-hybridized carbons (Fsp3) is 0.589. The third-order valence-corrected chi connectivity index (χ3v) is 15.7. The molecule has 29 nitrogen and oxygen atoms in total. The van der Waals surface area contributed by atoms with E-state index in [-0.39, 0.29) is 42.3 Å². The van der Waals surface area contributed by atoms with E-state index in [1.54, 1.807) is 24.3 Å². The number of rotatable bonds is 24. The van der Waals surface area contributed by atoms with E-state index in [0.29, 0.717) is 17.7 Å². The molecule has 30 heteroatoms. The van der Waals surface area contributed by atoms with Crippen LogP contribution in [0.2, 0.25) is 0 Å². The predicted octanol–water partition coefficient (Wildman–Crippen LogP) is -2.46. The van der Waals surface area contributed by atoms with Gasteiger partial charge in [-0.05, 0) is 79.0 Å². The SMILES string of the molecule is CCCCCCCOc1ccc2cc(C(=O)NC3C[C@@H](O)CNC(=O)[C@@H]4[C@@H](O)[C@@H](C)CN4C(=O)[C@H]([C@H](O)CCNC(CO)CO)NC(=O)[C@H]([C@H](O)Cc4ccc(O)c(OSOOO)c4)NC(=O)[C@@H]4C[C@@H](O)CN4C(=O)[C@H]([C@@H](C)O)NC3=O)ccc2c1. The van der Waals surface area contributed by atoms with Crippen LogP contribution in [0.25, 0.3) is 10.8 Å². The largest absolute Gasteiger partial charge is 0.504 e. The molecule has 3 heterocycles. The van der Waals surface area contributed by atoms with Gasteiger partial charge < -0.3 is 96.6 Å². The first-order valence-corrected chi connectivity index (χ1v) is 29.2. The number of unbranched alkanes of at least 4 members (excludes halogenated alkanes) is 4. The minimum atomic E-state index is -2.15. The number of phenolic OH excluding ortho intramolecular Hbond substituents is 1. The molecule has 7 amide bonds. The highest BCUT2D eigenvalue weighted by Crippen LogP contribution is 2.32. The zero-order chi connectivity index (χ0) is 62.8. The monoisotopic (exact) mass is 1230 g/mol. The molecule has 13 atom stereocenters. The van der Waals surface area contributed by atoms with E-state index in [9.17, 15) is 79.5 Å². The van der Waals surface area contributed by atoms with Gasteiger partial charge in [0.2, 0.25) is 35.4 Å². The smallest absolute Gasteiger partial charge is 0.261 e. The maximum absolute atomic E-state index is 14.9. The molecule has 6 rings (SSSR count). The molecule has 3 aliphatic heterocycles. The second-order valence-electron chi connectivity index (χ2n) is 21.9. The molecule has 0 spiro atoms. The number of β-amino-alcohol motifs (C(OH)–C–C–N with tert-alkyl or cyclic N) is 1. The van der Waals surface area contributed by atoms with Gasteiger partial charge in [0.05, 0.1) is 62.5 Å². The fourth-order valence-corrected chi connectivity index (χ4v) is 10.7. The first-order valence-electron chi connectivity index (χ1n) is 28.5. The standard InChI is InChI=1S/C56H80N8O21S/c1-4-5-6-7-8-17-82-38-13-12-32-20-34(11-10-33(32)21-38)50(74)59-39-22-36(68)24-58-54(78)48-49(73)29(2)25-64(48)56(80)47(42(71)15-16-57-35(27-65)28-66)62-53(77)46(43(72)18-31-9-14-41(70)44(19-31)83-86-85-84-81)61-52(76)40-23-37(69)26-63(40)55(79)45(30(3)67)60-51(39)75/h9-14,19-21,29-30,35-37,39-40,42-43,45-49,57,65-73,81H,4-8,15-18,22-28H2,1-3H3,(H,58,78)(H,59,74)(H,60,75)(H,61,76)(H,62,77)/t29-,30+,36+,37+,39?,40-,42+,43+,45-,46-,47-,48-,49-/m0/s1. The molecule has 16 N–H and O–H groups in total. The number of hydrogen-bond donors (Lipinski definition) is 16. The van der Waals surface area contributed by atoms with Crippen LogP contribution in [-0.2, 0) is 44.6 Å². The molecular weight excluding hydrogens is 1150 g/mol. The molecule has 0 aliphatic carbocycles. The summed E-state index contributed by atoms with van der Waals surface area (Å²) in [5, 5.41) is 127. The van der Waals surface area contributed by atoms with Crippen molar-refractivity contribution in [2.24, 2.45) is 5.92 Å².